The second kappa shape index (κ2) is 6.50. The fraction of sp³-hybridized carbons (Fsp3) is 0.188. The molecule has 0 atom stereocenters. The van der Waals surface area contributed by atoms with Crippen LogP contribution in [0.3, 0.4) is 0 Å². The van der Waals surface area contributed by atoms with Crippen LogP contribution in [0.25, 0.3) is 0 Å². The molecule has 0 saturated heterocycles. The van der Waals surface area contributed by atoms with Crippen LogP contribution in [0.4, 0.5) is 0 Å². The molecule has 0 saturated carbocycles. The molecule has 0 aliphatic rings. The average molecular weight is 307 g/mol. The van der Waals surface area contributed by atoms with Gasteiger partial charge in [0, 0.05) is 10.6 Å². The Balaban J connectivity index is 2.26. The zero-order chi connectivity index (χ0) is 15.4. The van der Waals surface area contributed by atoms with E-state index in [1.807, 2.05) is 25.1 Å². The van der Waals surface area contributed by atoms with E-state index in [4.69, 9.17) is 26.2 Å². The normalized spacial score (nSPS) is 10.2. The first-order chi connectivity index (χ1) is 10.0. The summed E-state index contributed by atoms with van der Waals surface area (Å²) in [6.45, 7) is 2.16. The molecule has 0 aliphatic carbocycles. The van der Waals surface area contributed by atoms with Crippen LogP contribution in [-0.2, 0) is 6.61 Å². The Labute approximate surface area is 127 Å². The van der Waals surface area contributed by atoms with E-state index in [0.717, 1.165) is 11.1 Å². The van der Waals surface area contributed by atoms with Gasteiger partial charge in [-0.3, -0.25) is 0 Å². The molecular weight excluding hydrogens is 292 g/mol. The van der Waals surface area contributed by atoms with E-state index < -0.39 is 5.97 Å². The summed E-state index contributed by atoms with van der Waals surface area (Å²) >= 11 is 5.89. The second-order valence-electron chi connectivity index (χ2n) is 4.55. The lowest BCUT2D eigenvalue weighted by Crippen LogP contribution is -2.04. The van der Waals surface area contributed by atoms with Crippen molar-refractivity contribution in [1.82, 2.24) is 0 Å². The summed E-state index contributed by atoms with van der Waals surface area (Å²) in [5.74, 6) is -0.129. The first kappa shape index (κ1) is 15.2. The number of hydrogen-bond donors (Lipinski definition) is 1. The van der Waals surface area contributed by atoms with Gasteiger partial charge in [-0.25, -0.2) is 4.79 Å². The SMILES string of the molecule is COc1ccc(C)cc1COc1cc(Cl)ccc1C(=O)O. The number of carboxylic acids is 1. The van der Waals surface area contributed by atoms with Crippen LogP contribution in [0.15, 0.2) is 36.4 Å². The van der Waals surface area contributed by atoms with Crippen LogP contribution < -0.4 is 9.47 Å². The molecule has 4 nitrogen and oxygen atoms in total. The van der Waals surface area contributed by atoms with Gasteiger partial charge in [0.2, 0.25) is 0 Å². The molecule has 0 heterocycles. The van der Waals surface area contributed by atoms with E-state index in [-0.39, 0.29) is 17.9 Å². The summed E-state index contributed by atoms with van der Waals surface area (Å²) in [6, 6.07) is 10.2. The molecule has 0 bridgehead atoms. The predicted octanol–water partition coefficient (Wildman–Crippen LogP) is 3.93. The summed E-state index contributed by atoms with van der Waals surface area (Å²) in [5.41, 5.74) is 1.98. The maximum absolute atomic E-state index is 11.2. The number of carboxylic acid groups (broad SMARTS) is 1. The van der Waals surface area contributed by atoms with E-state index in [9.17, 15) is 4.79 Å². The van der Waals surface area contributed by atoms with E-state index in [0.29, 0.717) is 10.8 Å². The maximum Gasteiger partial charge on any atom is 0.339 e. The molecule has 0 fully saturated rings. The van der Waals surface area contributed by atoms with Gasteiger partial charge < -0.3 is 14.6 Å². The second-order valence-corrected chi connectivity index (χ2v) is 4.99. The summed E-state index contributed by atoms with van der Waals surface area (Å²) < 4.78 is 10.9. The quantitative estimate of drug-likeness (QED) is 0.909. The minimum atomic E-state index is -1.06. The van der Waals surface area contributed by atoms with Crippen LogP contribution in [-0.4, -0.2) is 18.2 Å². The van der Waals surface area contributed by atoms with E-state index in [2.05, 4.69) is 0 Å². The van der Waals surface area contributed by atoms with Gasteiger partial charge in [0.05, 0.1) is 7.11 Å². The third-order valence-corrected chi connectivity index (χ3v) is 3.23. The molecule has 1 N–H and O–H groups in total. The lowest BCUT2D eigenvalue weighted by molar-refractivity contribution is 0.0692. The first-order valence-corrected chi connectivity index (χ1v) is 6.68. The highest BCUT2D eigenvalue weighted by molar-refractivity contribution is 6.30. The highest BCUT2D eigenvalue weighted by Gasteiger charge is 2.13. The first-order valence-electron chi connectivity index (χ1n) is 6.30. The van der Waals surface area contributed by atoms with Gasteiger partial charge in [-0.05, 0) is 37.3 Å². The van der Waals surface area contributed by atoms with Crippen molar-refractivity contribution in [2.75, 3.05) is 7.11 Å². The standard InChI is InChI=1S/C16H15ClO4/c1-10-3-6-14(20-2)11(7-10)9-21-15-8-12(17)4-5-13(15)16(18)19/h3-8H,9H2,1-2H3,(H,18,19). The van der Waals surface area contributed by atoms with Gasteiger partial charge in [-0.2, -0.15) is 0 Å². The lowest BCUT2D eigenvalue weighted by Gasteiger charge is -2.13. The van der Waals surface area contributed by atoms with Crippen molar-refractivity contribution in [2.45, 2.75) is 13.5 Å². The Kier molecular flexibility index (Phi) is 4.70. The Morgan fingerprint density at radius 2 is 1.95 bits per heavy atom. The van der Waals surface area contributed by atoms with Gasteiger partial charge in [-0.1, -0.05) is 23.2 Å². The van der Waals surface area contributed by atoms with Gasteiger partial charge in [0.1, 0.15) is 23.7 Å². The minimum Gasteiger partial charge on any atom is -0.496 e. The lowest BCUT2D eigenvalue weighted by atomic mass is 10.1. The van der Waals surface area contributed by atoms with Crippen molar-refractivity contribution >= 4 is 17.6 Å². The Morgan fingerprint density at radius 3 is 2.62 bits per heavy atom. The molecular formula is C16H15ClO4. The summed E-state index contributed by atoms with van der Waals surface area (Å²) in [6.07, 6.45) is 0. The van der Waals surface area contributed by atoms with Gasteiger partial charge in [0.25, 0.3) is 0 Å². The van der Waals surface area contributed by atoms with E-state index in [1.165, 1.54) is 18.2 Å². The number of aromatic carboxylic acids is 1. The third kappa shape index (κ3) is 3.67. The zero-order valence-corrected chi connectivity index (χ0v) is 12.5. The van der Waals surface area contributed by atoms with Crippen LogP contribution in [0.5, 0.6) is 11.5 Å². The summed E-state index contributed by atoms with van der Waals surface area (Å²) in [7, 11) is 1.58. The number of aryl methyl sites for hydroxylation is 1. The van der Waals surface area contributed by atoms with Crippen LogP contribution in [0, 0.1) is 6.92 Å². The molecule has 0 aromatic heterocycles. The maximum atomic E-state index is 11.2. The monoisotopic (exact) mass is 306 g/mol. The summed E-state index contributed by atoms with van der Waals surface area (Å²) in [5, 5.41) is 9.57. The average Bonchev–Trinajstić information content (AvgIpc) is 2.45. The summed E-state index contributed by atoms with van der Waals surface area (Å²) in [4.78, 5) is 11.2. The number of benzene rings is 2. The zero-order valence-electron chi connectivity index (χ0n) is 11.7. The Hall–Kier alpha value is -2.20. The Morgan fingerprint density at radius 1 is 1.19 bits per heavy atom. The fourth-order valence-electron chi connectivity index (χ4n) is 1.97. The van der Waals surface area contributed by atoms with Crippen molar-refractivity contribution in [2.24, 2.45) is 0 Å². The number of hydrogen-bond acceptors (Lipinski definition) is 3. The van der Waals surface area contributed by atoms with Crippen molar-refractivity contribution in [3.05, 3.63) is 58.1 Å². The minimum absolute atomic E-state index is 0.0750. The van der Waals surface area contributed by atoms with Gasteiger partial charge in [-0.15, -0.1) is 0 Å². The van der Waals surface area contributed by atoms with Crippen molar-refractivity contribution < 1.29 is 19.4 Å². The topological polar surface area (TPSA) is 55.8 Å². The fourth-order valence-corrected chi connectivity index (χ4v) is 2.13. The molecule has 110 valence electrons. The largest absolute Gasteiger partial charge is 0.496 e. The van der Waals surface area contributed by atoms with Crippen LogP contribution >= 0.6 is 11.6 Å². The van der Waals surface area contributed by atoms with Crippen molar-refractivity contribution in [1.29, 1.82) is 0 Å². The molecule has 0 unspecified atom stereocenters. The van der Waals surface area contributed by atoms with Crippen LogP contribution in [0.1, 0.15) is 21.5 Å². The predicted molar refractivity (Wildman–Crippen MR) is 80.5 cm³/mol. The number of carbonyl (C=O) groups is 1. The molecule has 0 amide bonds. The molecule has 2 aromatic rings. The molecule has 5 heteroatoms. The van der Waals surface area contributed by atoms with E-state index in [1.54, 1.807) is 7.11 Å². The molecule has 0 aliphatic heterocycles. The van der Waals surface area contributed by atoms with Crippen LogP contribution in [0.2, 0.25) is 5.02 Å². The number of rotatable bonds is 5. The number of ether oxygens (including phenoxy) is 2. The van der Waals surface area contributed by atoms with Crippen molar-refractivity contribution in [3.8, 4) is 11.5 Å². The molecule has 21 heavy (non-hydrogen) atoms. The molecule has 0 spiro atoms. The molecule has 0 radical (unpaired) electrons. The molecule has 2 rings (SSSR count). The smallest absolute Gasteiger partial charge is 0.339 e. The number of halogens is 1. The highest BCUT2D eigenvalue weighted by Crippen LogP contribution is 2.26. The molecule has 2 aromatic carbocycles. The van der Waals surface area contributed by atoms with E-state index >= 15 is 0 Å². The third-order valence-electron chi connectivity index (χ3n) is 2.99. The highest BCUT2D eigenvalue weighted by atomic mass is 35.5. The van der Waals surface area contributed by atoms with Gasteiger partial charge in [0.15, 0.2) is 0 Å². The van der Waals surface area contributed by atoms with Gasteiger partial charge >= 0.3 is 5.97 Å². The van der Waals surface area contributed by atoms with Crippen molar-refractivity contribution in [3.63, 3.8) is 0 Å². The number of methoxy groups -OCH3 is 1. The Bertz CT molecular complexity index is 667.